The molecule has 0 unspecified atom stereocenters. The lowest BCUT2D eigenvalue weighted by molar-refractivity contribution is 0.0935. The van der Waals surface area contributed by atoms with Crippen molar-refractivity contribution in [1.82, 2.24) is 15.1 Å². The van der Waals surface area contributed by atoms with Crippen LogP contribution in [-0.2, 0) is 7.05 Å². The van der Waals surface area contributed by atoms with Gasteiger partial charge in [-0.15, -0.1) is 0 Å². The molecule has 0 saturated heterocycles. The summed E-state index contributed by atoms with van der Waals surface area (Å²) in [6.45, 7) is 0. The number of carbonyl (C=O) groups excluding carboxylic acids is 1. The van der Waals surface area contributed by atoms with Crippen LogP contribution in [0.3, 0.4) is 0 Å². The smallest absolute Gasteiger partial charge is 0.272 e. The normalized spacial score (nSPS) is 11.6. The minimum atomic E-state index is -0.356. The zero-order valence-electron chi connectivity index (χ0n) is 14.5. The molecule has 1 atom stereocenters. The summed E-state index contributed by atoms with van der Waals surface area (Å²) in [6.07, 6.45) is 0. The first kappa shape index (κ1) is 17.4. The van der Waals surface area contributed by atoms with Gasteiger partial charge in [0.15, 0.2) is 0 Å². The SMILES string of the molecule is COc1ccc([C@@H](NC(=O)c2ccc(=O)n(C)n2)c2ccccc2)cc1. The van der Waals surface area contributed by atoms with Crippen LogP contribution in [-0.4, -0.2) is 22.8 Å². The molecule has 0 spiro atoms. The molecule has 0 aliphatic rings. The number of hydrogen-bond donors (Lipinski definition) is 1. The van der Waals surface area contributed by atoms with Crippen molar-refractivity contribution < 1.29 is 9.53 Å². The highest BCUT2D eigenvalue weighted by Gasteiger charge is 2.19. The maximum Gasteiger partial charge on any atom is 0.272 e. The lowest BCUT2D eigenvalue weighted by atomic mass is 9.98. The second kappa shape index (κ2) is 7.65. The number of hydrogen-bond acceptors (Lipinski definition) is 4. The monoisotopic (exact) mass is 349 g/mol. The first-order chi connectivity index (χ1) is 12.6. The average molecular weight is 349 g/mol. The summed E-state index contributed by atoms with van der Waals surface area (Å²) in [6, 6.07) is 19.6. The Bertz CT molecular complexity index is 950. The third kappa shape index (κ3) is 3.80. The van der Waals surface area contributed by atoms with Gasteiger partial charge in [0, 0.05) is 13.1 Å². The summed E-state index contributed by atoms with van der Waals surface area (Å²) in [5, 5.41) is 7.00. The van der Waals surface area contributed by atoms with E-state index in [9.17, 15) is 9.59 Å². The third-order valence-electron chi connectivity index (χ3n) is 4.05. The van der Waals surface area contributed by atoms with Gasteiger partial charge in [-0.25, -0.2) is 4.68 Å². The van der Waals surface area contributed by atoms with E-state index in [2.05, 4.69) is 10.4 Å². The number of nitrogens with zero attached hydrogens (tertiary/aromatic N) is 2. The highest BCUT2D eigenvalue weighted by molar-refractivity contribution is 5.92. The Kier molecular flexibility index (Phi) is 5.12. The zero-order chi connectivity index (χ0) is 18.5. The Morgan fingerprint density at radius 3 is 2.27 bits per heavy atom. The fraction of sp³-hybridized carbons (Fsp3) is 0.150. The van der Waals surface area contributed by atoms with Crippen molar-refractivity contribution in [1.29, 1.82) is 0 Å². The van der Waals surface area contributed by atoms with Crippen LogP contribution in [0.4, 0.5) is 0 Å². The Morgan fingerprint density at radius 1 is 1.00 bits per heavy atom. The second-order valence-electron chi connectivity index (χ2n) is 5.77. The summed E-state index contributed by atoms with van der Waals surface area (Å²) in [7, 11) is 3.12. The molecule has 1 amide bonds. The lowest BCUT2D eigenvalue weighted by Gasteiger charge is -2.20. The molecule has 6 heteroatoms. The lowest BCUT2D eigenvalue weighted by Crippen LogP contribution is -2.32. The standard InChI is InChI=1S/C20H19N3O3/c1-23-18(24)13-12-17(22-23)20(25)21-19(14-6-4-3-5-7-14)15-8-10-16(26-2)11-9-15/h3-13,19H,1-2H3,(H,21,25)/t19-/m0/s1. The van der Waals surface area contributed by atoms with Gasteiger partial charge in [-0.1, -0.05) is 42.5 Å². The molecule has 0 aliphatic carbocycles. The van der Waals surface area contributed by atoms with Gasteiger partial charge in [0.05, 0.1) is 13.2 Å². The molecule has 3 rings (SSSR count). The largest absolute Gasteiger partial charge is 0.497 e. The fourth-order valence-electron chi connectivity index (χ4n) is 2.63. The van der Waals surface area contributed by atoms with Crippen LogP contribution in [0.25, 0.3) is 0 Å². The van der Waals surface area contributed by atoms with Gasteiger partial charge in [0.1, 0.15) is 11.4 Å². The molecule has 0 saturated carbocycles. The summed E-state index contributed by atoms with van der Waals surface area (Å²) >= 11 is 0. The van der Waals surface area contributed by atoms with Crippen LogP contribution in [0.2, 0.25) is 0 Å². The Labute approximate surface area is 151 Å². The highest BCUT2D eigenvalue weighted by Crippen LogP contribution is 2.24. The van der Waals surface area contributed by atoms with E-state index in [0.29, 0.717) is 0 Å². The van der Waals surface area contributed by atoms with Gasteiger partial charge < -0.3 is 10.1 Å². The number of methoxy groups -OCH3 is 1. The number of benzene rings is 2. The van der Waals surface area contributed by atoms with E-state index in [1.54, 1.807) is 7.11 Å². The summed E-state index contributed by atoms with van der Waals surface area (Å²) in [4.78, 5) is 24.2. The van der Waals surface area contributed by atoms with E-state index in [1.165, 1.54) is 19.2 Å². The van der Waals surface area contributed by atoms with Gasteiger partial charge in [-0.3, -0.25) is 9.59 Å². The quantitative estimate of drug-likeness (QED) is 0.767. The van der Waals surface area contributed by atoms with Gasteiger partial charge >= 0.3 is 0 Å². The maximum absolute atomic E-state index is 12.7. The van der Waals surface area contributed by atoms with Crippen LogP contribution in [0.5, 0.6) is 5.75 Å². The summed E-state index contributed by atoms with van der Waals surface area (Å²) in [5.41, 5.74) is 1.77. The van der Waals surface area contributed by atoms with Crippen LogP contribution >= 0.6 is 0 Å². The Hall–Kier alpha value is -3.41. The van der Waals surface area contributed by atoms with Crippen LogP contribution < -0.4 is 15.6 Å². The molecule has 132 valence electrons. The first-order valence-corrected chi connectivity index (χ1v) is 8.12. The van der Waals surface area contributed by atoms with Crippen molar-refractivity contribution in [2.24, 2.45) is 7.05 Å². The molecule has 0 fully saturated rings. The fourth-order valence-corrected chi connectivity index (χ4v) is 2.63. The minimum absolute atomic E-state index is 0.182. The Balaban J connectivity index is 1.93. The van der Waals surface area contributed by atoms with Crippen molar-refractivity contribution in [2.75, 3.05) is 7.11 Å². The van der Waals surface area contributed by atoms with E-state index >= 15 is 0 Å². The molecule has 0 radical (unpaired) electrons. The van der Waals surface area contributed by atoms with Crippen LogP contribution in [0, 0.1) is 0 Å². The van der Waals surface area contributed by atoms with Crippen molar-refractivity contribution in [2.45, 2.75) is 6.04 Å². The molecule has 0 bridgehead atoms. The molecule has 2 aromatic carbocycles. The maximum atomic E-state index is 12.7. The van der Waals surface area contributed by atoms with E-state index in [-0.39, 0.29) is 23.2 Å². The van der Waals surface area contributed by atoms with Crippen molar-refractivity contribution in [3.8, 4) is 5.75 Å². The number of amides is 1. The topological polar surface area (TPSA) is 73.2 Å². The zero-order valence-corrected chi connectivity index (χ0v) is 14.5. The predicted molar refractivity (Wildman–Crippen MR) is 98.2 cm³/mol. The third-order valence-corrected chi connectivity index (χ3v) is 4.05. The molecule has 26 heavy (non-hydrogen) atoms. The minimum Gasteiger partial charge on any atom is -0.497 e. The number of carbonyl (C=O) groups is 1. The number of nitrogens with one attached hydrogen (secondary N) is 1. The molecule has 6 nitrogen and oxygen atoms in total. The van der Waals surface area contributed by atoms with Gasteiger partial charge in [-0.05, 0) is 29.3 Å². The van der Waals surface area contributed by atoms with Crippen LogP contribution in [0.15, 0.2) is 71.5 Å². The van der Waals surface area contributed by atoms with Crippen molar-refractivity contribution in [3.05, 3.63) is 93.9 Å². The number of ether oxygens (including phenoxy) is 1. The predicted octanol–water partition coefficient (Wildman–Crippen LogP) is 2.31. The number of rotatable bonds is 5. The summed E-state index contributed by atoms with van der Waals surface area (Å²) < 4.78 is 6.34. The van der Waals surface area contributed by atoms with E-state index < -0.39 is 0 Å². The molecule has 1 heterocycles. The van der Waals surface area contributed by atoms with Crippen molar-refractivity contribution in [3.63, 3.8) is 0 Å². The molecule has 1 N–H and O–H groups in total. The van der Waals surface area contributed by atoms with Gasteiger partial charge in [0.2, 0.25) is 0 Å². The van der Waals surface area contributed by atoms with Crippen LogP contribution in [0.1, 0.15) is 27.7 Å². The van der Waals surface area contributed by atoms with Gasteiger partial charge in [0.25, 0.3) is 11.5 Å². The Morgan fingerprint density at radius 2 is 1.65 bits per heavy atom. The molecular formula is C20H19N3O3. The number of aryl methyl sites for hydroxylation is 1. The highest BCUT2D eigenvalue weighted by atomic mass is 16.5. The average Bonchev–Trinajstić information content (AvgIpc) is 2.69. The molecule has 1 aromatic heterocycles. The van der Waals surface area contributed by atoms with Crippen molar-refractivity contribution >= 4 is 5.91 Å². The molecule has 3 aromatic rings. The second-order valence-corrected chi connectivity index (χ2v) is 5.77. The van der Waals surface area contributed by atoms with Gasteiger partial charge in [-0.2, -0.15) is 5.10 Å². The van der Waals surface area contributed by atoms with E-state index in [4.69, 9.17) is 4.74 Å². The first-order valence-electron chi connectivity index (χ1n) is 8.12. The van der Waals surface area contributed by atoms with E-state index in [1.807, 2.05) is 54.6 Å². The molecular weight excluding hydrogens is 330 g/mol. The number of aromatic nitrogens is 2. The summed E-state index contributed by atoms with van der Waals surface area (Å²) in [5.74, 6) is 0.386. The molecule has 0 aliphatic heterocycles. The van der Waals surface area contributed by atoms with E-state index in [0.717, 1.165) is 21.6 Å².